The summed E-state index contributed by atoms with van der Waals surface area (Å²) in [5, 5.41) is 2.75. The SMILES string of the molecule is CC(=O)N(CCC(=O)NCc1ccco1)CCc1ccc(F)cc1. The molecule has 0 aliphatic carbocycles. The highest BCUT2D eigenvalue weighted by Gasteiger charge is 2.11. The molecule has 0 saturated carbocycles. The molecule has 0 radical (unpaired) electrons. The normalized spacial score (nSPS) is 10.4. The van der Waals surface area contributed by atoms with E-state index in [0.717, 1.165) is 5.56 Å². The van der Waals surface area contributed by atoms with Gasteiger partial charge >= 0.3 is 0 Å². The molecule has 0 aliphatic rings. The fraction of sp³-hybridized carbons (Fsp3) is 0.333. The van der Waals surface area contributed by atoms with E-state index in [1.54, 1.807) is 35.4 Å². The third-order valence-electron chi connectivity index (χ3n) is 3.68. The maximum atomic E-state index is 12.9. The monoisotopic (exact) mass is 332 g/mol. The van der Waals surface area contributed by atoms with E-state index < -0.39 is 0 Å². The van der Waals surface area contributed by atoms with Gasteiger partial charge in [0.05, 0.1) is 12.8 Å². The standard InChI is InChI=1S/C18H21FN2O3/c1-14(22)21(10-8-15-4-6-16(19)7-5-15)11-9-18(23)20-13-17-3-2-12-24-17/h2-7,12H,8-11,13H2,1H3,(H,20,23). The van der Waals surface area contributed by atoms with Crippen LogP contribution in [0.3, 0.4) is 0 Å². The quantitative estimate of drug-likeness (QED) is 0.808. The van der Waals surface area contributed by atoms with Crippen LogP contribution in [0.2, 0.25) is 0 Å². The third kappa shape index (κ3) is 5.87. The third-order valence-corrected chi connectivity index (χ3v) is 3.68. The lowest BCUT2D eigenvalue weighted by Crippen LogP contribution is -2.35. The number of nitrogens with one attached hydrogen (secondary N) is 1. The first-order chi connectivity index (χ1) is 11.5. The van der Waals surface area contributed by atoms with Crippen molar-refractivity contribution < 1.29 is 18.4 Å². The summed E-state index contributed by atoms with van der Waals surface area (Å²) >= 11 is 0. The fourth-order valence-corrected chi connectivity index (χ4v) is 2.27. The Bertz CT molecular complexity index is 653. The first-order valence-corrected chi connectivity index (χ1v) is 7.83. The van der Waals surface area contributed by atoms with Crippen LogP contribution in [0.5, 0.6) is 0 Å². The van der Waals surface area contributed by atoms with Crippen LogP contribution in [-0.2, 0) is 22.6 Å². The van der Waals surface area contributed by atoms with Crippen LogP contribution < -0.4 is 5.32 Å². The fourth-order valence-electron chi connectivity index (χ4n) is 2.27. The van der Waals surface area contributed by atoms with Crippen LogP contribution in [-0.4, -0.2) is 29.8 Å². The van der Waals surface area contributed by atoms with Crippen molar-refractivity contribution in [2.45, 2.75) is 26.3 Å². The van der Waals surface area contributed by atoms with Gasteiger partial charge in [-0.3, -0.25) is 9.59 Å². The minimum Gasteiger partial charge on any atom is -0.467 e. The van der Waals surface area contributed by atoms with E-state index in [1.807, 2.05) is 0 Å². The molecular weight excluding hydrogens is 311 g/mol. The Labute approximate surface area is 140 Å². The van der Waals surface area contributed by atoms with E-state index in [9.17, 15) is 14.0 Å². The van der Waals surface area contributed by atoms with Crippen LogP contribution in [0, 0.1) is 5.82 Å². The zero-order valence-electron chi connectivity index (χ0n) is 13.6. The average Bonchev–Trinajstić information content (AvgIpc) is 3.07. The van der Waals surface area contributed by atoms with Gasteiger partial charge in [0.25, 0.3) is 0 Å². The predicted molar refractivity (Wildman–Crippen MR) is 87.5 cm³/mol. The number of carbonyl (C=O) groups excluding carboxylic acids is 2. The summed E-state index contributed by atoms with van der Waals surface area (Å²) in [4.78, 5) is 25.2. The molecule has 1 heterocycles. The predicted octanol–water partition coefficient (Wildman–Crippen LogP) is 2.52. The van der Waals surface area contributed by atoms with Gasteiger partial charge in [-0.25, -0.2) is 4.39 Å². The number of rotatable bonds is 8. The summed E-state index contributed by atoms with van der Waals surface area (Å²) in [6.07, 6.45) is 2.39. The Morgan fingerprint density at radius 1 is 1.17 bits per heavy atom. The van der Waals surface area contributed by atoms with Crippen molar-refractivity contribution in [3.05, 3.63) is 59.8 Å². The van der Waals surface area contributed by atoms with Gasteiger partial charge in [-0.1, -0.05) is 12.1 Å². The Morgan fingerprint density at radius 3 is 2.54 bits per heavy atom. The number of hydrogen-bond donors (Lipinski definition) is 1. The highest BCUT2D eigenvalue weighted by atomic mass is 19.1. The van der Waals surface area contributed by atoms with E-state index in [4.69, 9.17) is 4.42 Å². The first kappa shape index (κ1) is 17.7. The lowest BCUT2D eigenvalue weighted by molar-refractivity contribution is -0.129. The van der Waals surface area contributed by atoms with Crippen molar-refractivity contribution in [1.29, 1.82) is 0 Å². The summed E-state index contributed by atoms with van der Waals surface area (Å²) in [5.74, 6) is 0.175. The second-order valence-electron chi connectivity index (χ2n) is 5.49. The molecule has 6 heteroatoms. The second kappa shape index (κ2) is 8.86. The van der Waals surface area contributed by atoms with E-state index in [0.29, 0.717) is 31.8 Å². The molecule has 24 heavy (non-hydrogen) atoms. The van der Waals surface area contributed by atoms with Crippen molar-refractivity contribution in [3.63, 3.8) is 0 Å². The van der Waals surface area contributed by atoms with Crippen LogP contribution in [0.1, 0.15) is 24.7 Å². The smallest absolute Gasteiger partial charge is 0.222 e. The summed E-state index contributed by atoms with van der Waals surface area (Å²) in [5.41, 5.74) is 0.949. The van der Waals surface area contributed by atoms with Crippen molar-refractivity contribution in [3.8, 4) is 0 Å². The molecule has 0 spiro atoms. The average molecular weight is 332 g/mol. The number of carbonyl (C=O) groups is 2. The molecule has 2 amide bonds. The molecule has 0 saturated heterocycles. The lowest BCUT2D eigenvalue weighted by Gasteiger charge is -2.20. The Morgan fingerprint density at radius 2 is 1.92 bits per heavy atom. The number of nitrogens with zero attached hydrogens (tertiary/aromatic N) is 1. The van der Waals surface area contributed by atoms with Gasteiger partial charge in [0.15, 0.2) is 0 Å². The number of furan rings is 1. The molecular formula is C18H21FN2O3. The summed E-state index contributed by atoms with van der Waals surface area (Å²) in [6.45, 7) is 2.65. The molecule has 0 unspecified atom stereocenters. The molecule has 1 N–H and O–H groups in total. The van der Waals surface area contributed by atoms with E-state index in [-0.39, 0.29) is 24.1 Å². The van der Waals surface area contributed by atoms with Crippen LogP contribution in [0.4, 0.5) is 4.39 Å². The topological polar surface area (TPSA) is 62.6 Å². The molecule has 2 aromatic rings. The molecule has 2 rings (SSSR count). The summed E-state index contributed by atoms with van der Waals surface area (Å²) < 4.78 is 18.0. The number of amides is 2. The zero-order chi connectivity index (χ0) is 17.4. The molecule has 0 aliphatic heterocycles. The Kier molecular flexibility index (Phi) is 6.54. The Balaban J connectivity index is 1.75. The first-order valence-electron chi connectivity index (χ1n) is 7.83. The van der Waals surface area contributed by atoms with Crippen LogP contribution >= 0.6 is 0 Å². The summed E-state index contributed by atoms with van der Waals surface area (Å²) in [6, 6.07) is 9.73. The van der Waals surface area contributed by atoms with Crippen molar-refractivity contribution in [1.82, 2.24) is 10.2 Å². The molecule has 128 valence electrons. The van der Waals surface area contributed by atoms with Gasteiger partial charge in [0.2, 0.25) is 11.8 Å². The van der Waals surface area contributed by atoms with Crippen molar-refractivity contribution in [2.24, 2.45) is 0 Å². The second-order valence-corrected chi connectivity index (χ2v) is 5.49. The number of hydrogen-bond acceptors (Lipinski definition) is 3. The van der Waals surface area contributed by atoms with Gasteiger partial charge in [0, 0.05) is 26.4 Å². The van der Waals surface area contributed by atoms with Gasteiger partial charge in [-0.2, -0.15) is 0 Å². The Hall–Kier alpha value is -2.63. The zero-order valence-corrected chi connectivity index (χ0v) is 13.6. The molecule has 0 fully saturated rings. The van der Waals surface area contributed by atoms with Crippen molar-refractivity contribution >= 4 is 11.8 Å². The maximum Gasteiger partial charge on any atom is 0.222 e. The van der Waals surface area contributed by atoms with E-state index >= 15 is 0 Å². The molecule has 1 aromatic heterocycles. The highest BCUT2D eigenvalue weighted by Crippen LogP contribution is 2.05. The largest absolute Gasteiger partial charge is 0.467 e. The lowest BCUT2D eigenvalue weighted by atomic mass is 10.1. The number of halogens is 1. The summed E-state index contributed by atoms with van der Waals surface area (Å²) in [7, 11) is 0. The molecule has 0 bridgehead atoms. The van der Waals surface area contributed by atoms with E-state index in [2.05, 4.69) is 5.32 Å². The van der Waals surface area contributed by atoms with Gasteiger partial charge in [-0.05, 0) is 36.2 Å². The minimum absolute atomic E-state index is 0.0871. The van der Waals surface area contributed by atoms with Gasteiger partial charge in [0.1, 0.15) is 11.6 Å². The van der Waals surface area contributed by atoms with Crippen LogP contribution in [0.25, 0.3) is 0 Å². The minimum atomic E-state index is -0.282. The molecule has 1 aromatic carbocycles. The molecule has 5 nitrogen and oxygen atoms in total. The molecule has 0 atom stereocenters. The van der Waals surface area contributed by atoms with Crippen LogP contribution in [0.15, 0.2) is 47.1 Å². The van der Waals surface area contributed by atoms with E-state index in [1.165, 1.54) is 19.1 Å². The number of benzene rings is 1. The maximum absolute atomic E-state index is 12.9. The van der Waals surface area contributed by atoms with Crippen molar-refractivity contribution in [2.75, 3.05) is 13.1 Å². The van der Waals surface area contributed by atoms with Gasteiger partial charge in [-0.15, -0.1) is 0 Å². The highest BCUT2D eigenvalue weighted by molar-refractivity contribution is 5.77. The van der Waals surface area contributed by atoms with Gasteiger partial charge < -0.3 is 14.6 Å².